The molecular formula is C11H14N2O4S. The average Bonchev–Trinajstić information content (AvgIpc) is 2.26. The Labute approximate surface area is 105 Å². The first-order valence-corrected chi connectivity index (χ1v) is 7.33. The normalized spacial score (nSPS) is 18.6. The summed E-state index contributed by atoms with van der Waals surface area (Å²) in [5, 5.41) is 10.5. The minimum absolute atomic E-state index is 0.0604. The van der Waals surface area contributed by atoms with E-state index in [1.54, 1.807) is 12.1 Å². The van der Waals surface area contributed by atoms with Crippen LogP contribution in [0.2, 0.25) is 0 Å². The van der Waals surface area contributed by atoms with Gasteiger partial charge in [-0.2, -0.15) is 0 Å². The molecule has 0 atom stereocenters. The summed E-state index contributed by atoms with van der Waals surface area (Å²) < 4.78 is 22.1. The summed E-state index contributed by atoms with van der Waals surface area (Å²) in [7, 11) is -0.955. The van der Waals surface area contributed by atoms with E-state index in [2.05, 4.69) is 0 Å². The molecule has 0 unspecified atom stereocenters. The van der Waals surface area contributed by atoms with E-state index in [9.17, 15) is 18.5 Å². The van der Waals surface area contributed by atoms with E-state index in [1.807, 2.05) is 11.9 Å². The Hall–Kier alpha value is -1.47. The predicted molar refractivity (Wildman–Crippen MR) is 67.0 cm³/mol. The van der Waals surface area contributed by atoms with E-state index >= 15 is 0 Å². The van der Waals surface area contributed by atoms with Crippen molar-refractivity contribution >= 4 is 15.5 Å². The van der Waals surface area contributed by atoms with Crippen LogP contribution in [-0.4, -0.2) is 42.8 Å². The van der Waals surface area contributed by atoms with Gasteiger partial charge in [0.05, 0.1) is 16.4 Å². The fourth-order valence-corrected chi connectivity index (χ4v) is 3.52. The van der Waals surface area contributed by atoms with Gasteiger partial charge in [0.1, 0.15) is 0 Å². The Morgan fingerprint density at radius 2 is 1.89 bits per heavy atom. The number of nitrogens with zero attached hydrogens (tertiary/aromatic N) is 2. The largest absolute Gasteiger partial charge is 0.297 e. The molecule has 7 heteroatoms. The van der Waals surface area contributed by atoms with Crippen LogP contribution >= 0.6 is 0 Å². The fourth-order valence-electron chi connectivity index (χ4n) is 1.93. The molecular weight excluding hydrogens is 256 g/mol. The minimum Gasteiger partial charge on any atom is -0.297 e. The molecule has 1 saturated heterocycles. The molecule has 1 heterocycles. The number of non-ortho nitro benzene ring substituents is 1. The number of benzene rings is 1. The van der Waals surface area contributed by atoms with Crippen molar-refractivity contribution in [3.63, 3.8) is 0 Å². The molecule has 1 aromatic carbocycles. The van der Waals surface area contributed by atoms with Gasteiger partial charge in [-0.05, 0) is 12.6 Å². The lowest BCUT2D eigenvalue weighted by molar-refractivity contribution is -0.384. The molecule has 1 aliphatic heterocycles. The van der Waals surface area contributed by atoms with Crippen molar-refractivity contribution in [2.45, 2.75) is 12.6 Å². The Morgan fingerprint density at radius 3 is 2.33 bits per heavy atom. The van der Waals surface area contributed by atoms with Crippen LogP contribution in [-0.2, 0) is 16.4 Å². The summed E-state index contributed by atoms with van der Waals surface area (Å²) in [5.74, 6) is 0.410. The van der Waals surface area contributed by atoms with Crippen LogP contribution < -0.4 is 0 Å². The Bertz CT molecular complexity index is 541. The molecule has 0 spiro atoms. The van der Waals surface area contributed by atoms with Crippen molar-refractivity contribution in [1.29, 1.82) is 0 Å². The third-order valence-electron chi connectivity index (χ3n) is 3.10. The van der Waals surface area contributed by atoms with Gasteiger partial charge in [-0.25, -0.2) is 8.42 Å². The SMILES string of the molecule is CN(Cc1ccc([N+](=O)[O-])cc1)C1CS(=O)(=O)C1. The third-order valence-corrected chi connectivity index (χ3v) is 4.88. The number of nitro groups is 1. The van der Waals surface area contributed by atoms with Gasteiger partial charge in [0.25, 0.3) is 5.69 Å². The zero-order valence-corrected chi connectivity index (χ0v) is 10.8. The van der Waals surface area contributed by atoms with Crippen molar-refractivity contribution in [3.8, 4) is 0 Å². The number of sulfone groups is 1. The fraction of sp³-hybridized carbons (Fsp3) is 0.455. The molecule has 0 saturated carbocycles. The molecule has 1 aromatic rings. The lowest BCUT2D eigenvalue weighted by Gasteiger charge is -2.34. The zero-order chi connectivity index (χ0) is 13.3. The highest BCUT2D eigenvalue weighted by molar-refractivity contribution is 7.92. The van der Waals surface area contributed by atoms with E-state index in [0.717, 1.165) is 5.56 Å². The molecule has 0 aromatic heterocycles. The first-order valence-electron chi connectivity index (χ1n) is 5.51. The lowest BCUT2D eigenvalue weighted by Crippen LogP contribution is -2.51. The molecule has 1 fully saturated rings. The summed E-state index contributed by atoms with van der Waals surface area (Å²) in [4.78, 5) is 12.0. The van der Waals surface area contributed by atoms with Gasteiger partial charge in [0.2, 0.25) is 0 Å². The summed E-state index contributed by atoms with van der Waals surface area (Å²) >= 11 is 0. The first-order chi connectivity index (χ1) is 8.37. The molecule has 18 heavy (non-hydrogen) atoms. The number of hydrogen-bond acceptors (Lipinski definition) is 5. The van der Waals surface area contributed by atoms with Crippen LogP contribution in [0.4, 0.5) is 5.69 Å². The summed E-state index contributed by atoms with van der Waals surface area (Å²) in [6.45, 7) is 0.595. The smallest absolute Gasteiger partial charge is 0.269 e. The van der Waals surface area contributed by atoms with Crippen LogP contribution in [0.15, 0.2) is 24.3 Å². The van der Waals surface area contributed by atoms with Crippen molar-refractivity contribution in [2.24, 2.45) is 0 Å². The maximum absolute atomic E-state index is 11.1. The Balaban J connectivity index is 1.95. The third kappa shape index (κ3) is 2.85. The Kier molecular flexibility index (Phi) is 3.36. The second-order valence-electron chi connectivity index (χ2n) is 4.57. The van der Waals surface area contributed by atoms with Crippen LogP contribution in [0, 0.1) is 10.1 Å². The molecule has 2 rings (SSSR count). The molecule has 0 radical (unpaired) electrons. The zero-order valence-electron chi connectivity index (χ0n) is 9.94. The minimum atomic E-state index is -2.82. The highest BCUT2D eigenvalue weighted by Gasteiger charge is 2.35. The highest BCUT2D eigenvalue weighted by Crippen LogP contribution is 2.19. The van der Waals surface area contributed by atoms with E-state index in [1.165, 1.54) is 12.1 Å². The van der Waals surface area contributed by atoms with Gasteiger partial charge in [-0.15, -0.1) is 0 Å². The van der Waals surface area contributed by atoms with Gasteiger partial charge in [0.15, 0.2) is 9.84 Å². The standard InChI is InChI=1S/C11H14N2O4S/c1-12(11-7-18(16,17)8-11)6-9-2-4-10(5-3-9)13(14)15/h2-5,11H,6-8H2,1H3. The van der Waals surface area contributed by atoms with E-state index in [-0.39, 0.29) is 23.2 Å². The molecule has 0 N–H and O–H groups in total. The molecule has 0 amide bonds. The average molecular weight is 270 g/mol. The Morgan fingerprint density at radius 1 is 1.33 bits per heavy atom. The van der Waals surface area contributed by atoms with Crippen LogP contribution in [0.5, 0.6) is 0 Å². The van der Waals surface area contributed by atoms with Crippen molar-refractivity contribution in [2.75, 3.05) is 18.6 Å². The molecule has 98 valence electrons. The first kappa shape index (κ1) is 13.0. The van der Waals surface area contributed by atoms with Gasteiger partial charge in [0, 0.05) is 24.7 Å². The molecule has 0 aliphatic carbocycles. The van der Waals surface area contributed by atoms with Crippen LogP contribution in [0.25, 0.3) is 0 Å². The second-order valence-corrected chi connectivity index (χ2v) is 6.72. The van der Waals surface area contributed by atoms with Gasteiger partial charge >= 0.3 is 0 Å². The number of hydrogen-bond donors (Lipinski definition) is 0. The van der Waals surface area contributed by atoms with E-state index in [4.69, 9.17) is 0 Å². The van der Waals surface area contributed by atoms with Crippen LogP contribution in [0.1, 0.15) is 5.56 Å². The second kappa shape index (κ2) is 4.66. The number of nitro benzene ring substituents is 1. The lowest BCUT2D eigenvalue weighted by atomic mass is 10.2. The summed E-state index contributed by atoms with van der Waals surface area (Å²) in [6.07, 6.45) is 0. The van der Waals surface area contributed by atoms with Crippen molar-refractivity contribution in [1.82, 2.24) is 4.90 Å². The highest BCUT2D eigenvalue weighted by atomic mass is 32.2. The van der Waals surface area contributed by atoms with Gasteiger partial charge in [-0.1, -0.05) is 12.1 Å². The monoisotopic (exact) mass is 270 g/mol. The van der Waals surface area contributed by atoms with Crippen LogP contribution in [0.3, 0.4) is 0 Å². The van der Waals surface area contributed by atoms with Crippen molar-refractivity contribution < 1.29 is 13.3 Å². The van der Waals surface area contributed by atoms with Gasteiger partial charge in [-0.3, -0.25) is 15.0 Å². The van der Waals surface area contributed by atoms with Crippen molar-refractivity contribution in [3.05, 3.63) is 39.9 Å². The predicted octanol–water partition coefficient (Wildman–Crippen LogP) is 0.824. The topological polar surface area (TPSA) is 80.5 Å². The maximum atomic E-state index is 11.1. The quantitative estimate of drug-likeness (QED) is 0.598. The molecule has 0 bridgehead atoms. The van der Waals surface area contributed by atoms with E-state index in [0.29, 0.717) is 6.54 Å². The summed E-state index contributed by atoms with van der Waals surface area (Å²) in [5.41, 5.74) is 1.00. The summed E-state index contributed by atoms with van der Waals surface area (Å²) in [6, 6.07) is 6.37. The maximum Gasteiger partial charge on any atom is 0.269 e. The molecule has 1 aliphatic rings. The number of rotatable bonds is 4. The van der Waals surface area contributed by atoms with E-state index < -0.39 is 14.8 Å². The van der Waals surface area contributed by atoms with Gasteiger partial charge < -0.3 is 0 Å². The molecule has 6 nitrogen and oxygen atoms in total.